The van der Waals surface area contributed by atoms with Crippen LogP contribution in [0.1, 0.15) is 42.5 Å². The number of carbonyl (C=O) groups excluding carboxylic acids is 1. The third-order valence-corrected chi connectivity index (χ3v) is 4.20. The van der Waals surface area contributed by atoms with E-state index in [9.17, 15) is 4.79 Å². The van der Waals surface area contributed by atoms with Crippen LogP contribution in [-0.2, 0) is 0 Å². The van der Waals surface area contributed by atoms with Crippen molar-refractivity contribution < 1.29 is 10.0 Å². The normalized spacial score (nSPS) is 18.2. The molecule has 1 aromatic rings. The van der Waals surface area contributed by atoms with Crippen molar-refractivity contribution in [3.05, 3.63) is 34.9 Å². The largest absolute Gasteiger partial charge is 0.409 e. The van der Waals surface area contributed by atoms with Gasteiger partial charge in [-0.05, 0) is 43.0 Å². The molecule has 0 bridgehead atoms. The Hall–Kier alpha value is -1.75. The van der Waals surface area contributed by atoms with Crippen molar-refractivity contribution >= 4 is 23.3 Å². The fourth-order valence-electron chi connectivity index (χ4n) is 2.79. The molecule has 0 spiro atoms. The molecule has 1 unspecified atom stereocenters. The number of carbonyl (C=O) groups is 1. The Morgan fingerprint density at radius 2 is 1.90 bits per heavy atom. The van der Waals surface area contributed by atoms with Crippen molar-refractivity contribution in [1.82, 2.24) is 5.32 Å². The highest BCUT2D eigenvalue weighted by Crippen LogP contribution is 2.27. The van der Waals surface area contributed by atoms with Gasteiger partial charge in [0.15, 0.2) is 5.84 Å². The molecule has 1 fully saturated rings. The summed E-state index contributed by atoms with van der Waals surface area (Å²) in [5.41, 5.74) is 6.27. The lowest BCUT2D eigenvalue weighted by atomic mass is 9.83. The van der Waals surface area contributed by atoms with Crippen LogP contribution in [0.2, 0.25) is 5.02 Å². The van der Waals surface area contributed by atoms with Gasteiger partial charge < -0.3 is 16.3 Å². The average molecular weight is 310 g/mol. The summed E-state index contributed by atoms with van der Waals surface area (Å²) in [5, 5.41) is 15.5. The maximum absolute atomic E-state index is 12.3. The first kappa shape index (κ1) is 15.6. The number of hydrogen-bond acceptors (Lipinski definition) is 3. The minimum absolute atomic E-state index is 0.0595. The van der Waals surface area contributed by atoms with Crippen LogP contribution in [0.25, 0.3) is 0 Å². The van der Waals surface area contributed by atoms with Crippen LogP contribution in [0.4, 0.5) is 0 Å². The van der Waals surface area contributed by atoms with Crippen molar-refractivity contribution in [2.75, 3.05) is 0 Å². The van der Waals surface area contributed by atoms with Crippen LogP contribution >= 0.6 is 11.6 Å². The quantitative estimate of drug-likeness (QED) is 0.346. The lowest BCUT2D eigenvalue weighted by molar-refractivity contribution is 0.0930. The molecule has 4 N–H and O–H groups in total. The van der Waals surface area contributed by atoms with Crippen LogP contribution in [0.15, 0.2) is 29.4 Å². The van der Waals surface area contributed by atoms with Gasteiger partial charge >= 0.3 is 0 Å². The van der Waals surface area contributed by atoms with E-state index in [1.807, 2.05) is 0 Å². The van der Waals surface area contributed by atoms with E-state index in [0.29, 0.717) is 10.6 Å². The molecule has 1 aliphatic carbocycles. The molecule has 6 heteroatoms. The van der Waals surface area contributed by atoms with Crippen LogP contribution < -0.4 is 11.1 Å². The third-order valence-electron chi connectivity index (χ3n) is 3.95. The zero-order chi connectivity index (χ0) is 15.2. The molecule has 0 heterocycles. The van der Waals surface area contributed by atoms with Crippen LogP contribution in [0.3, 0.4) is 0 Å². The number of nitrogens with one attached hydrogen (secondary N) is 1. The van der Waals surface area contributed by atoms with E-state index in [1.165, 1.54) is 6.42 Å². The van der Waals surface area contributed by atoms with Gasteiger partial charge in [-0.15, -0.1) is 0 Å². The summed E-state index contributed by atoms with van der Waals surface area (Å²) >= 11 is 5.81. The second kappa shape index (κ2) is 7.31. The van der Waals surface area contributed by atoms with Crippen molar-refractivity contribution in [2.24, 2.45) is 16.8 Å². The van der Waals surface area contributed by atoms with E-state index in [0.717, 1.165) is 25.7 Å². The fraction of sp³-hybridized carbons (Fsp3) is 0.467. The maximum Gasteiger partial charge on any atom is 0.251 e. The predicted octanol–water partition coefficient (Wildman–Crippen LogP) is 2.77. The molecule has 0 aliphatic heterocycles. The first-order chi connectivity index (χ1) is 10.1. The average Bonchev–Trinajstić information content (AvgIpc) is 2.53. The van der Waals surface area contributed by atoms with Gasteiger partial charge in [-0.3, -0.25) is 4.79 Å². The first-order valence-corrected chi connectivity index (χ1v) is 7.53. The van der Waals surface area contributed by atoms with Gasteiger partial charge in [-0.1, -0.05) is 36.0 Å². The van der Waals surface area contributed by atoms with Crippen LogP contribution in [-0.4, -0.2) is 23.0 Å². The van der Waals surface area contributed by atoms with Gasteiger partial charge in [-0.25, -0.2) is 0 Å². The number of amidine groups is 1. The molecule has 0 radical (unpaired) electrons. The minimum Gasteiger partial charge on any atom is -0.409 e. The molecule has 2 rings (SSSR count). The Bertz CT molecular complexity index is 510. The van der Waals surface area contributed by atoms with E-state index in [2.05, 4.69) is 10.5 Å². The highest BCUT2D eigenvalue weighted by atomic mass is 35.5. The number of halogens is 1. The lowest BCUT2D eigenvalue weighted by Gasteiger charge is -2.30. The van der Waals surface area contributed by atoms with Gasteiger partial charge in [0.1, 0.15) is 0 Å². The summed E-state index contributed by atoms with van der Waals surface area (Å²) in [6, 6.07) is 6.20. The van der Waals surface area contributed by atoms with Crippen molar-refractivity contribution in [1.29, 1.82) is 0 Å². The Balaban J connectivity index is 2.10. The second-order valence-electron chi connectivity index (χ2n) is 5.38. The van der Waals surface area contributed by atoms with Gasteiger partial charge in [0, 0.05) is 10.6 Å². The summed E-state index contributed by atoms with van der Waals surface area (Å²) in [6.45, 7) is 0. The number of benzene rings is 1. The SMILES string of the molecule is N/C(=N\O)C(NC(=O)c1ccc(Cl)cc1)C1CCCCC1. The summed E-state index contributed by atoms with van der Waals surface area (Å²) in [4.78, 5) is 12.3. The Kier molecular flexibility index (Phi) is 5.44. The predicted molar refractivity (Wildman–Crippen MR) is 82.7 cm³/mol. The van der Waals surface area contributed by atoms with Crippen molar-refractivity contribution in [3.63, 3.8) is 0 Å². The highest BCUT2D eigenvalue weighted by molar-refractivity contribution is 6.30. The van der Waals surface area contributed by atoms with Gasteiger partial charge in [0.2, 0.25) is 0 Å². The second-order valence-corrected chi connectivity index (χ2v) is 5.82. The summed E-state index contributed by atoms with van der Waals surface area (Å²) in [6.07, 6.45) is 5.36. The van der Waals surface area contributed by atoms with E-state index < -0.39 is 6.04 Å². The van der Waals surface area contributed by atoms with Crippen molar-refractivity contribution in [3.8, 4) is 0 Å². The Morgan fingerprint density at radius 3 is 2.48 bits per heavy atom. The third kappa shape index (κ3) is 4.11. The lowest BCUT2D eigenvalue weighted by Crippen LogP contribution is -2.49. The minimum atomic E-state index is -0.432. The monoisotopic (exact) mass is 309 g/mol. The number of oxime groups is 1. The number of rotatable bonds is 4. The van der Waals surface area contributed by atoms with E-state index in [4.69, 9.17) is 22.5 Å². The molecular formula is C15H20ClN3O2. The molecule has 0 aromatic heterocycles. The van der Waals surface area contributed by atoms with Gasteiger partial charge in [-0.2, -0.15) is 0 Å². The molecule has 114 valence electrons. The molecule has 21 heavy (non-hydrogen) atoms. The molecule has 1 atom stereocenters. The molecule has 0 saturated heterocycles. The molecule has 1 aliphatic rings. The van der Waals surface area contributed by atoms with Gasteiger partial charge in [0.25, 0.3) is 5.91 Å². The summed E-state index contributed by atoms with van der Waals surface area (Å²) in [5.74, 6) is 0.0314. The number of amides is 1. The zero-order valence-electron chi connectivity index (χ0n) is 11.8. The molecular weight excluding hydrogens is 290 g/mol. The number of hydrogen-bond donors (Lipinski definition) is 3. The smallest absolute Gasteiger partial charge is 0.251 e. The van der Waals surface area contributed by atoms with Gasteiger partial charge in [0.05, 0.1) is 6.04 Å². The van der Waals surface area contributed by atoms with E-state index in [-0.39, 0.29) is 17.7 Å². The highest BCUT2D eigenvalue weighted by Gasteiger charge is 2.28. The molecule has 1 saturated carbocycles. The molecule has 1 aromatic carbocycles. The van der Waals surface area contributed by atoms with Crippen LogP contribution in [0, 0.1) is 5.92 Å². The van der Waals surface area contributed by atoms with E-state index >= 15 is 0 Å². The Labute approximate surface area is 129 Å². The molecule has 5 nitrogen and oxygen atoms in total. The fourth-order valence-corrected chi connectivity index (χ4v) is 2.91. The standard InChI is InChI=1S/C15H20ClN3O2/c16-12-8-6-11(7-9-12)15(20)18-13(14(17)19-21)10-4-2-1-3-5-10/h6-10,13,21H,1-5H2,(H2,17,19)(H,18,20). The van der Waals surface area contributed by atoms with E-state index in [1.54, 1.807) is 24.3 Å². The summed E-state index contributed by atoms with van der Waals surface area (Å²) in [7, 11) is 0. The van der Waals surface area contributed by atoms with Crippen molar-refractivity contribution in [2.45, 2.75) is 38.1 Å². The molecule has 1 amide bonds. The number of nitrogens with zero attached hydrogens (tertiary/aromatic N) is 1. The zero-order valence-corrected chi connectivity index (χ0v) is 12.5. The topological polar surface area (TPSA) is 87.7 Å². The maximum atomic E-state index is 12.3. The first-order valence-electron chi connectivity index (χ1n) is 7.15. The summed E-state index contributed by atoms with van der Waals surface area (Å²) < 4.78 is 0. The number of nitrogens with two attached hydrogens (primary N) is 1. The Morgan fingerprint density at radius 1 is 1.29 bits per heavy atom. The van der Waals surface area contributed by atoms with Crippen LogP contribution in [0.5, 0.6) is 0 Å².